The van der Waals surface area contributed by atoms with E-state index in [0.717, 1.165) is 50.8 Å². The molecule has 0 aliphatic rings. The number of nitrogens with zero attached hydrogens (tertiary/aromatic N) is 2. The summed E-state index contributed by atoms with van der Waals surface area (Å²) >= 11 is 0. The second-order valence-electron chi connectivity index (χ2n) is 5.95. The Kier molecular flexibility index (Phi) is 7.19. The van der Waals surface area contributed by atoms with Gasteiger partial charge in [-0.05, 0) is 34.2 Å². The minimum atomic E-state index is 0.0893. The molecule has 1 rings (SSSR count). The molecule has 0 radical (unpaired) electrons. The van der Waals surface area contributed by atoms with E-state index in [2.05, 4.69) is 43.1 Å². The third kappa shape index (κ3) is 7.03. The van der Waals surface area contributed by atoms with E-state index in [4.69, 9.17) is 9.26 Å². The van der Waals surface area contributed by atoms with Crippen molar-refractivity contribution in [2.75, 3.05) is 26.3 Å². The van der Waals surface area contributed by atoms with Crippen molar-refractivity contribution in [3.05, 3.63) is 17.5 Å². The van der Waals surface area contributed by atoms with E-state index in [9.17, 15) is 0 Å². The van der Waals surface area contributed by atoms with Gasteiger partial charge in [0.05, 0.1) is 18.8 Å². The molecule has 5 heteroatoms. The van der Waals surface area contributed by atoms with Crippen LogP contribution in [0.5, 0.6) is 0 Å². The van der Waals surface area contributed by atoms with Gasteiger partial charge in [-0.2, -0.15) is 0 Å². The first kappa shape index (κ1) is 17.1. The number of nitrogens with one attached hydrogen (secondary N) is 1. The minimum absolute atomic E-state index is 0.0893. The van der Waals surface area contributed by atoms with E-state index >= 15 is 0 Å². The van der Waals surface area contributed by atoms with Gasteiger partial charge < -0.3 is 14.6 Å². The summed E-state index contributed by atoms with van der Waals surface area (Å²) in [5.41, 5.74) is 1.04. The van der Waals surface area contributed by atoms with Gasteiger partial charge >= 0.3 is 0 Å². The van der Waals surface area contributed by atoms with Crippen LogP contribution >= 0.6 is 0 Å². The predicted octanol–water partition coefficient (Wildman–Crippen LogP) is 2.42. The van der Waals surface area contributed by atoms with Crippen LogP contribution in [0.3, 0.4) is 0 Å². The Bertz CT molecular complexity index is 371. The number of rotatable bonds is 9. The maximum Gasteiger partial charge on any atom is 0.151 e. The Morgan fingerprint density at radius 3 is 2.70 bits per heavy atom. The van der Waals surface area contributed by atoms with Crippen molar-refractivity contribution < 1.29 is 9.26 Å². The maximum atomic E-state index is 5.40. The maximum absolute atomic E-state index is 5.40. The molecular weight excluding hydrogens is 254 g/mol. The van der Waals surface area contributed by atoms with Gasteiger partial charge in [-0.3, -0.25) is 4.90 Å². The van der Waals surface area contributed by atoms with Gasteiger partial charge in [0, 0.05) is 31.3 Å². The van der Waals surface area contributed by atoms with Gasteiger partial charge in [0.15, 0.2) is 5.76 Å². The number of aromatic nitrogens is 1. The van der Waals surface area contributed by atoms with Crippen molar-refractivity contribution in [3.8, 4) is 0 Å². The molecule has 1 heterocycles. The molecule has 1 N–H and O–H groups in total. The van der Waals surface area contributed by atoms with Crippen molar-refractivity contribution in [2.45, 2.75) is 53.2 Å². The standard InChI is InChI=1S/C15H29N3O2/c1-6-18(8-9-19-7-2)12-14-10-13(17-20-14)11-16-15(3,4)5/h10,16H,6-9,11-12H2,1-5H3. The van der Waals surface area contributed by atoms with Crippen molar-refractivity contribution >= 4 is 0 Å². The van der Waals surface area contributed by atoms with Crippen LogP contribution in [-0.2, 0) is 17.8 Å². The number of ether oxygens (including phenoxy) is 1. The van der Waals surface area contributed by atoms with Crippen LogP contribution in [0.2, 0.25) is 0 Å². The highest BCUT2D eigenvalue weighted by Crippen LogP contribution is 2.09. The van der Waals surface area contributed by atoms with E-state index in [0.29, 0.717) is 0 Å². The van der Waals surface area contributed by atoms with Crippen LogP contribution in [0.1, 0.15) is 46.1 Å². The molecule has 116 valence electrons. The lowest BCUT2D eigenvalue weighted by atomic mass is 10.1. The third-order valence-electron chi connectivity index (χ3n) is 2.99. The largest absolute Gasteiger partial charge is 0.380 e. The first-order valence-corrected chi connectivity index (χ1v) is 7.44. The first-order chi connectivity index (χ1) is 9.44. The molecule has 0 aliphatic heterocycles. The van der Waals surface area contributed by atoms with Crippen LogP contribution in [0.25, 0.3) is 0 Å². The summed E-state index contributed by atoms with van der Waals surface area (Å²) in [6, 6.07) is 2.03. The zero-order valence-electron chi connectivity index (χ0n) is 13.5. The Balaban J connectivity index is 2.41. The second kappa shape index (κ2) is 8.39. The molecule has 0 spiro atoms. The fraction of sp³-hybridized carbons (Fsp3) is 0.800. The molecule has 0 aromatic carbocycles. The van der Waals surface area contributed by atoms with Crippen LogP contribution in [-0.4, -0.2) is 41.9 Å². The lowest BCUT2D eigenvalue weighted by molar-refractivity contribution is 0.109. The molecule has 0 unspecified atom stereocenters. The van der Waals surface area contributed by atoms with E-state index in [1.54, 1.807) is 0 Å². The van der Waals surface area contributed by atoms with E-state index in [1.165, 1.54) is 0 Å². The van der Waals surface area contributed by atoms with Crippen molar-refractivity contribution in [1.82, 2.24) is 15.4 Å². The molecule has 0 aliphatic carbocycles. The average Bonchev–Trinajstić information content (AvgIpc) is 2.82. The molecule has 0 bridgehead atoms. The lowest BCUT2D eigenvalue weighted by Crippen LogP contribution is -2.35. The summed E-state index contributed by atoms with van der Waals surface area (Å²) in [5.74, 6) is 0.911. The summed E-state index contributed by atoms with van der Waals surface area (Å²) < 4.78 is 10.8. The Hall–Kier alpha value is -0.910. The van der Waals surface area contributed by atoms with E-state index in [-0.39, 0.29) is 5.54 Å². The highest BCUT2D eigenvalue weighted by molar-refractivity contribution is 5.05. The molecule has 0 atom stereocenters. The topological polar surface area (TPSA) is 50.5 Å². The first-order valence-electron chi connectivity index (χ1n) is 7.44. The summed E-state index contributed by atoms with van der Waals surface area (Å²) in [4.78, 5) is 2.29. The van der Waals surface area contributed by atoms with Crippen molar-refractivity contribution in [3.63, 3.8) is 0 Å². The van der Waals surface area contributed by atoms with Gasteiger partial charge in [0.1, 0.15) is 0 Å². The molecular formula is C15H29N3O2. The quantitative estimate of drug-likeness (QED) is 0.705. The minimum Gasteiger partial charge on any atom is -0.380 e. The summed E-state index contributed by atoms with van der Waals surface area (Å²) in [7, 11) is 0. The van der Waals surface area contributed by atoms with Crippen molar-refractivity contribution in [1.29, 1.82) is 0 Å². The van der Waals surface area contributed by atoms with Crippen molar-refractivity contribution in [2.24, 2.45) is 0 Å². The van der Waals surface area contributed by atoms with Crippen LogP contribution < -0.4 is 5.32 Å². The highest BCUT2D eigenvalue weighted by Gasteiger charge is 2.12. The van der Waals surface area contributed by atoms with Gasteiger partial charge in [-0.1, -0.05) is 12.1 Å². The van der Waals surface area contributed by atoms with E-state index in [1.807, 2.05) is 13.0 Å². The predicted molar refractivity (Wildman–Crippen MR) is 80.5 cm³/mol. The average molecular weight is 283 g/mol. The fourth-order valence-corrected chi connectivity index (χ4v) is 1.78. The molecule has 0 fully saturated rings. The fourth-order valence-electron chi connectivity index (χ4n) is 1.78. The normalized spacial score (nSPS) is 12.3. The molecule has 1 aromatic heterocycles. The molecule has 0 amide bonds. The number of hydrogen-bond donors (Lipinski definition) is 1. The Morgan fingerprint density at radius 1 is 1.35 bits per heavy atom. The molecule has 0 saturated heterocycles. The third-order valence-corrected chi connectivity index (χ3v) is 2.99. The van der Waals surface area contributed by atoms with Crippen LogP contribution in [0.4, 0.5) is 0 Å². The van der Waals surface area contributed by atoms with Gasteiger partial charge in [0.2, 0.25) is 0 Å². The molecule has 1 aromatic rings. The van der Waals surface area contributed by atoms with E-state index < -0.39 is 0 Å². The lowest BCUT2D eigenvalue weighted by Gasteiger charge is -2.19. The number of hydrogen-bond acceptors (Lipinski definition) is 5. The molecule has 20 heavy (non-hydrogen) atoms. The SMILES string of the molecule is CCOCCN(CC)Cc1cc(CNC(C)(C)C)no1. The Labute approximate surface area is 122 Å². The van der Waals surface area contributed by atoms with Gasteiger partial charge in [-0.25, -0.2) is 0 Å². The van der Waals surface area contributed by atoms with Gasteiger partial charge in [0.25, 0.3) is 0 Å². The summed E-state index contributed by atoms with van der Waals surface area (Å²) in [5, 5.41) is 7.51. The monoisotopic (exact) mass is 283 g/mol. The Morgan fingerprint density at radius 2 is 2.10 bits per heavy atom. The highest BCUT2D eigenvalue weighted by atomic mass is 16.5. The number of likely N-dealkylation sites (N-methyl/N-ethyl adjacent to an activating group) is 1. The van der Waals surface area contributed by atoms with Gasteiger partial charge in [-0.15, -0.1) is 0 Å². The van der Waals surface area contributed by atoms with Crippen LogP contribution in [0.15, 0.2) is 10.6 Å². The summed E-state index contributed by atoms with van der Waals surface area (Å²) in [6.07, 6.45) is 0. The zero-order chi connectivity index (χ0) is 15.0. The van der Waals surface area contributed by atoms with Crippen LogP contribution in [0, 0.1) is 0 Å². The second-order valence-corrected chi connectivity index (χ2v) is 5.95. The zero-order valence-corrected chi connectivity index (χ0v) is 13.5. The molecule has 0 saturated carbocycles. The summed E-state index contributed by atoms with van der Waals surface area (Å²) in [6.45, 7) is 15.5. The molecule has 5 nitrogen and oxygen atoms in total. The smallest absolute Gasteiger partial charge is 0.151 e.